The Bertz CT molecular complexity index is 978. The summed E-state index contributed by atoms with van der Waals surface area (Å²) in [7, 11) is 0. The summed E-state index contributed by atoms with van der Waals surface area (Å²) in [6, 6.07) is -0.278. The van der Waals surface area contributed by atoms with Crippen molar-refractivity contribution in [1.29, 1.82) is 0 Å². The fourth-order valence-corrected chi connectivity index (χ4v) is 4.02. The van der Waals surface area contributed by atoms with Gasteiger partial charge in [-0.15, -0.1) is 0 Å². The van der Waals surface area contributed by atoms with Crippen LogP contribution < -0.4 is 10.6 Å². The normalized spacial score (nSPS) is 15.3. The molecule has 0 spiro atoms. The summed E-state index contributed by atoms with van der Waals surface area (Å²) in [5, 5.41) is 6.70. The van der Waals surface area contributed by atoms with Gasteiger partial charge in [-0.2, -0.15) is 9.97 Å². The van der Waals surface area contributed by atoms with E-state index in [0.717, 1.165) is 25.7 Å². The van der Waals surface area contributed by atoms with E-state index in [4.69, 9.17) is 9.47 Å². The maximum absolute atomic E-state index is 12.9. The van der Waals surface area contributed by atoms with Crippen LogP contribution in [0.2, 0.25) is 0 Å². The Labute approximate surface area is 201 Å². The highest BCUT2D eigenvalue weighted by Gasteiger charge is 2.27. The van der Waals surface area contributed by atoms with E-state index in [1.165, 1.54) is 12.8 Å². The molecule has 10 heteroatoms. The molecule has 1 unspecified atom stereocenters. The minimum Gasteiger partial charge on any atom is -0.465 e. The molecule has 2 heterocycles. The van der Waals surface area contributed by atoms with Crippen LogP contribution in [0.15, 0.2) is 6.33 Å². The molecule has 0 amide bonds. The number of imidazole rings is 1. The van der Waals surface area contributed by atoms with Gasteiger partial charge in [0.25, 0.3) is 0 Å². The number of unbranched alkanes of at least 4 members (excludes halogenated alkanes) is 1. The first-order chi connectivity index (χ1) is 16.2. The lowest BCUT2D eigenvalue weighted by atomic mass is 10.1. The van der Waals surface area contributed by atoms with Crippen molar-refractivity contribution in [3.63, 3.8) is 0 Å². The van der Waals surface area contributed by atoms with Gasteiger partial charge in [0, 0.05) is 6.04 Å². The maximum atomic E-state index is 12.9. The summed E-state index contributed by atoms with van der Waals surface area (Å²) in [5.74, 6) is 0.191. The number of carbonyl (C=O) groups is 2. The molecular weight excluding hydrogens is 436 g/mol. The quantitative estimate of drug-likeness (QED) is 0.465. The molecule has 0 aliphatic heterocycles. The number of aromatic nitrogens is 4. The molecule has 1 fully saturated rings. The fourth-order valence-electron chi connectivity index (χ4n) is 4.02. The molecule has 1 aliphatic carbocycles. The van der Waals surface area contributed by atoms with E-state index in [1.54, 1.807) is 17.8 Å². The van der Waals surface area contributed by atoms with Crippen LogP contribution in [0.4, 0.5) is 11.8 Å². The Morgan fingerprint density at radius 1 is 1.21 bits per heavy atom. The monoisotopic (exact) mass is 474 g/mol. The van der Waals surface area contributed by atoms with Gasteiger partial charge >= 0.3 is 11.9 Å². The Kier molecular flexibility index (Phi) is 8.68. The summed E-state index contributed by atoms with van der Waals surface area (Å²) in [6.07, 6.45) is 8.44. The molecule has 2 N–H and O–H groups in total. The van der Waals surface area contributed by atoms with Crippen LogP contribution in [0.1, 0.15) is 79.6 Å². The molecule has 1 saturated carbocycles. The number of carbonyl (C=O) groups excluding carboxylic acids is 2. The van der Waals surface area contributed by atoms with E-state index in [1.807, 2.05) is 20.8 Å². The average Bonchev–Trinajstić information content (AvgIpc) is 3.40. The SMILES string of the molecule is CCCCC(Nc1nc(NC2CCCC2)c2ncn(CC(=O)OCC)c2n1)C(=O)OC(C)(C)C. The molecule has 188 valence electrons. The maximum Gasteiger partial charge on any atom is 0.329 e. The fraction of sp³-hybridized carbons (Fsp3) is 0.708. The van der Waals surface area contributed by atoms with Crippen LogP contribution >= 0.6 is 0 Å². The van der Waals surface area contributed by atoms with Crippen LogP contribution in [-0.4, -0.2) is 55.7 Å². The van der Waals surface area contributed by atoms with E-state index in [2.05, 4.69) is 32.5 Å². The van der Waals surface area contributed by atoms with Gasteiger partial charge in [0.05, 0.1) is 12.9 Å². The van der Waals surface area contributed by atoms with Crippen LogP contribution in [0.25, 0.3) is 11.2 Å². The lowest BCUT2D eigenvalue weighted by Gasteiger charge is -2.25. The van der Waals surface area contributed by atoms with Crippen molar-refractivity contribution in [2.24, 2.45) is 0 Å². The molecule has 0 saturated heterocycles. The van der Waals surface area contributed by atoms with Gasteiger partial charge in [0.1, 0.15) is 18.2 Å². The Balaban J connectivity index is 1.94. The Morgan fingerprint density at radius 2 is 1.94 bits per heavy atom. The first kappa shape index (κ1) is 25.7. The molecule has 1 aliphatic rings. The molecule has 2 aromatic rings. The van der Waals surface area contributed by atoms with Gasteiger partial charge in [-0.05, 0) is 47.0 Å². The standard InChI is InChI=1S/C24H38N6O4/c1-6-8-13-17(22(32)34-24(3,4)5)27-23-28-20(26-16-11-9-10-12-16)19-21(29-23)30(15-25-19)14-18(31)33-7-2/h15-17H,6-14H2,1-5H3,(H2,26,27,28,29). The van der Waals surface area contributed by atoms with Crippen molar-refractivity contribution in [1.82, 2.24) is 19.5 Å². The number of hydrogen-bond donors (Lipinski definition) is 2. The third kappa shape index (κ3) is 7.04. The third-order valence-corrected chi connectivity index (χ3v) is 5.61. The van der Waals surface area contributed by atoms with E-state index in [9.17, 15) is 9.59 Å². The first-order valence-corrected chi connectivity index (χ1v) is 12.3. The number of hydrogen-bond acceptors (Lipinski definition) is 9. The number of ether oxygens (including phenoxy) is 2. The predicted molar refractivity (Wildman–Crippen MR) is 131 cm³/mol. The third-order valence-electron chi connectivity index (χ3n) is 5.61. The predicted octanol–water partition coefficient (Wildman–Crippen LogP) is 4.06. The van der Waals surface area contributed by atoms with E-state index >= 15 is 0 Å². The minimum atomic E-state index is -0.596. The Hall–Kier alpha value is -2.91. The van der Waals surface area contributed by atoms with Gasteiger partial charge < -0.3 is 24.7 Å². The van der Waals surface area contributed by atoms with Crippen molar-refractivity contribution >= 4 is 34.9 Å². The molecule has 0 aromatic carbocycles. The van der Waals surface area contributed by atoms with E-state index < -0.39 is 11.6 Å². The number of nitrogens with zero attached hydrogens (tertiary/aromatic N) is 4. The lowest BCUT2D eigenvalue weighted by Crippen LogP contribution is -2.37. The second-order valence-electron chi connectivity index (χ2n) is 9.74. The van der Waals surface area contributed by atoms with Crippen molar-refractivity contribution < 1.29 is 19.1 Å². The van der Waals surface area contributed by atoms with Crippen molar-refractivity contribution in [2.75, 3.05) is 17.2 Å². The van der Waals surface area contributed by atoms with Crippen LogP contribution in [0, 0.1) is 0 Å². The summed E-state index contributed by atoms with van der Waals surface area (Å²) >= 11 is 0. The van der Waals surface area contributed by atoms with Crippen molar-refractivity contribution in [3.05, 3.63) is 6.33 Å². The highest BCUT2D eigenvalue weighted by atomic mass is 16.6. The first-order valence-electron chi connectivity index (χ1n) is 12.3. The summed E-state index contributed by atoms with van der Waals surface area (Å²) in [4.78, 5) is 38.8. The summed E-state index contributed by atoms with van der Waals surface area (Å²) < 4.78 is 12.4. The van der Waals surface area contributed by atoms with E-state index in [-0.39, 0.29) is 18.5 Å². The largest absolute Gasteiger partial charge is 0.465 e. The second kappa shape index (κ2) is 11.5. The molecule has 0 radical (unpaired) electrons. The van der Waals surface area contributed by atoms with Gasteiger partial charge in [-0.25, -0.2) is 9.78 Å². The lowest BCUT2D eigenvalue weighted by molar-refractivity contribution is -0.156. The highest BCUT2D eigenvalue weighted by molar-refractivity contribution is 5.86. The Morgan fingerprint density at radius 3 is 2.59 bits per heavy atom. The van der Waals surface area contributed by atoms with Gasteiger partial charge in [-0.3, -0.25) is 4.79 Å². The number of nitrogens with one attached hydrogen (secondary N) is 2. The smallest absolute Gasteiger partial charge is 0.329 e. The number of fused-ring (bicyclic) bond motifs is 1. The zero-order valence-corrected chi connectivity index (χ0v) is 21.0. The molecule has 1 atom stereocenters. The zero-order chi connectivity index (χ0) is 24.7. The highest BCUT2D eigenvalue weighted by Crippen LogP contribution is 2.27. The summed E-state index contributed by atoms with van der Waals surface area (Å²) in [5.41, 5.74) is 0.496. The van der Waals surface area contributed by atoms with Crippen molar-refractivity contribution in [2.45, 2.75) is 104 Å². The molecular formula is C24H38N6O4. The number of anilines is 2. The zero-order valence-electron chi connectivity index (χ0n) is 21.0. The van der Waals surface area contributed by atoms with Gasteiger partial charge in [0.15, 0.2) is 17.0 Å². The van der Waals surface area contributed by atoms with Crippen LogP contribution in [-0.2, 0) is 25.6 Å². The molecule has 34 heavy (non-hydrogen) atoms. The van der Waals surface area contributed by atoms with Gasteiger partial charge in [-0.1, -0.05) is 32.6 Å². The second-order valence-corrected chi connectivity index (χ2v) is 9.74. The molecule has 3 rings (SSSR count). The number of esters is 2. The van der Waals surface area contributed by atoms with Gasteiger partial charge in [0.2, 0.25) is 5.95 Å². The van der Waals surface area contributed by atoms with Crippen molar-refractivity contribution in [3.8, 4) is 0 Å². The van der Waals surface area contributed by atoms with E-state index in [0.29, 0.717) is 42.0 Å². The minimum absolute atomic E-state index is 0.00497. The average molecular weight is 475 g/mol. The molecule has 0 bridgehead atoms. The topological polar surface area (TPSA) is 120 Å². The number of rotatable bonds is 11. The van der Waals surface area contributed by atoms with Crippen LogP contribution in [0.5, 0.6) is 0 Å². The molecule has 10 nitrogen and oxygen atoms in total. The van der Waals surface area contributed by atoms with Crippen LogP contribution in [0.3, 0.4) is 0 Å². The molecule has 2 aromatic heterocycles. The summed E-state index contributed by atoms with van der Waals surface area (Å²) in [6.45, 7) is 9.69.